The van der Waals surface area contributed by atoms with Gasteiger partial charge in [-0.2, -0.15) is 0 Å². The number of thioether (sulfide) groups is 1. The normalized spacial score (nSPS) is 21.4. The third-order valence-electron chi connectivity index (χ3n) is 4.12. The van der Waals surface area contributed by atoms with Gasteiger partial charge in [0.25, 0.3) is 0 Å². The number of hydrogen-bond donors (Lipinski definition) is 3. The molecule has 9 heteroatoms. The Balaban J connectivity index is 1.54. The smallest absolute Gasteiger partial charge is 0.246 e. The first-order valence-corrected chi connectivity index (χ1v) is 9.36. The third-order valence-corrected chi connectivity index (χ3v) is 5.06. The Kier molecular flexibility index (Phi) is 7.04. The van der Waals surface area contributed by atoms with Crippen LogP contribution in [0.3, 0.4) is 0 Å². The highest BCUT2D eigenvalue weighted by molar-refractivity contribution is 8.00. The molecule has 0 aromatic carbocycles. The van der Waals surface area contributed by atoms with Gasteiger partial charge in [-0.05, 0) is 12.8 Å². The first-order valence-electron chi connectivity index (χ1n) is 8.21. The van der Waals surface area contributed by atoms with Gasteiger partial charge >= 0.3 is 0 Å². The van der Waals surface area contributed by atoms with Gasteiger partial charge in [0.1, 0.15) is 0 Å². The van der Waals surface area contributed by atoms with Crippen LogP contribution in [0.2, 0.25) is 0 Å². The molecule has 8 nitrogen and oxygen atoms in total. The fourth-order valence-electron chi connectivity index (χ4n) is 2.88. The first kappa shape index (κ1) is 18.7. The van der Waals surface area contributed by atoms with E-state index >= 15 is 0 Å². The molecule has 2 rings (SSSR count). The maximum atomic E-state index is 11.7. The minimum Gasteiger partial charge on any atom is -0.354 e. The zero-order chi connectivity index (χ0) is 17.5. The summed E-state index contributed by atoms with van der Waals surface area (Å²) >= 11 is 1.25. The number of carbonyl (C=O) groups is 4. The summed E-state index contributed by atoms with van der Waals surface area (Å²) < 4.78 is 0. The molecule has 2 fully saturated rings. The zero-order valence-corrected chi connectivity index (χ0v) is 14.4. The summed E-state index contributed by atoms with van der Waals surface area (Å²) in [7, 11) is 0. The fourth-order valence-corrected chi connectivity index (χ4v) is 3.54. The lowest BCUT2D eigenvalue weighted by molar-refractivity contribution is -0.139. The second-order valence-electron chi connectivity index (χ2n) is 6.09. The maximum Gasteiger partial charge on any atom is 0.246 e. The van der Waals surface area contributed by atoms with Crippen molar-refractivity contribution in [3.05, 3.63) is 0 Å². The Hall–Kier alpha value is -1.61. The van der Waals surface area contributed by atoms with Crippen LogP contribution in [0.1, 0.15) is 32.1 Å². The summed E-state index contributed by atoms with van der Waals surface area (Å²) in [5.74, 6) is -0.549. The van der Waals surface area contributed by atoms with E-state index < -0.39 is 11.9 Å². The standard InChI is InChI=1S/C15H24N4O4S/c16-11-7-14(22)19(15(11)23)6-5-17-12(20)8-24-9-13(21)18-10-3-1-2-4-10/h10-11H,1-9,16H2,(H,17,20)(H,18,21). The van der Waals surface area contributed by atoms with Gasteiger partial charge in [0, 0.05) is 19.1 Å². The van der Waals surface area contributed by atoms with E-state index in [0.29, 0.717) is 0 Å². The molecule has 2 aliphatic rings. The van der Waals surface area contributed by atoms with Gasteiger partial charge in [0.05, 0.1) is 24.0 Å². The quantitative estimate of drug-likeness (QED) is 0.479. The Bertz CT molecular complexity index is 508. The van der Waals surface area contributed by atoms with Crippen molar-refractivity contribution in [1.82, 2.24) is 15.5 Å². The van der Waals surface area contributed by atoms with Crippen molar-refractivity contribution in [2.24, 2.45) is 5.73 Å². The van der Waals surface area contributed by atoms with E-state index in [4.69, 9.17) is 5.73 Å². The number of nitrogens with two attached hydrogens (primary N) is 1. The molecule has 1 saturated carbocycles. The molecule has 134 valence electrons. The Morgan fingerprint density at radius 3 is 2.46 bits per heavy atom. The molecule has 1 aliphatic carbocycles. The van der Waals surface area contributed by atoms with Crippen molar-refractivity contribution >= 4 is 35.4 Å². The minimum atomic E-state index is -0.762. The molecular formula is C15H24N4O4S. The monoisotopic (exact) mass is 356 g/mol. The lowest BCUT2D eigenvalue weighted by Gasteiger charge is -2.14. The van der Waals surface area contributed by atoms with E-state index in [9.17, 15) is 19.2 Å². The fraction of sp³-hybridized carbons (Fsp3) is 0.733. The van der Waals surface area contributed by atoms with Gasteiger partial charge in [-0.3, -0.25) is 24.1 Å². The minimum absolute atomic E-state index is 0.0265. The second kappa shape index (κ2) is 9.03. The van der Waals surface area contributed by atoms with Crippen molar-refractivity contribution in [2.75, 3.05) is 24.6 Å². The molecule has 1 saturated heterocycles. The number of amides is 4. The Labute approximate surface area is 145 Å². The van der Waals surface area contributed by atoms with E-state index in [1.165, 1.54) is 11.8 Å². The van der Waals surface area contributed by atoms with Gasteiger partial charge in [-0.1, -0.05) is 12.8 Å². The SMILES string of the molecule is NC1CC(=O)N(CCNC(=O)CSCC(=O)NC2CCCC2)C1=O. The van der Waals surface area contributed by atoms with E-state index in [1.54, 1.807) is 0 Å². The van der Waals surface area contributed by atoms with Crippen LogP contribution in [-0.4, -0.2) is 65.2 Å². The van der Waals surface area contributed by atoms with Crippen molar-refractivity contribution in [2.45, 2.75) is 44.2 Å². The number of likely N-dealkylation sites (tertiary alicyclic amines) is 1. The number of nitrogens with zero attached hydrogens (tertiary/aromatic N) is 1. The molecule has 1 heterocycles. The molecule has 1 atom stereocenters. The number of nitrogens with one attached hydrogen (secondary N) is 2. The lowest BCUT2D eigenvalue weighted by atomic mass is 10.2. The van der Waals surface area contributed by atoms with Gasteiger partial charge in [0.2, 0.25) is 23.6 Å². The largest absolute Gasteiger partial charge is 0.354 e. The van der Waals surface area contributed by atoms with E-state index in [2.05, 4.69) is 10.6 Å². The molecule has 0 spiro atoms. The van der Waals surface area contributed by atoms with Crippen LogP contribution in [0.4, 0.5) is 0 Å². The van der Waals surface area contributed by atoms with Gasteiger partial charge in [0.15, 0.2) is 0 Å². The van der Waals surface area contributed by atoms with E-state index in [0.717, 1.165) is 30.6 Å². The first-order chi connectivity index (χ1) is 11.5. The van der Waals surface area contributed by atoms with Crippen LogP contribution in [0.15, 0.2) is 0 Å². The van der Waals surface area contributed by atoms with Crippen LogP contribution < -0.4 is 16.4 Å². The summed E-state index contributed by atoms with van der Waals surface area (Å²) in [5.41, 5.74) is 5.50. The summed E-state index contributed by atoms with van der Waals surface area (Å²) in [5, 5.41) is 5.60. The summed E-state index contributed by atoms with van der Waals surface area (Å²) in [6.45, 7) is 0.321. The number of rotatable bonds is 8. The lowest BCUT2D eigenvalue weighted by Crippen LogP contribution is -2.41. The van der Waals surface area contributed by atoms with Gasteiger partial charge in [-0.15, -0.1) is 11.8 Å². The highest BCUT2D eigenvalue weighted by Crippen LogP contribution is 2.17. The summed E-state index contributed by atoms with van der Waals surface area (Å²) in [4.78, 5) is 47.6. The molecule has 4 amide bonds. The van der Waals surface area contributed by atoms with Gasteiger partial charge in [-0.25, -0.2) is 0 Å². The molecule has 1 unspecified atom stereocenters. The highest BCUT2D eigenvalue weighted by Gasteiger charge is 2.35. The second-order valence-corrected chi connectivity index (χ2v) is 7.07. The molecule has 0 aromatic heterocycles. The van der Waals surface area contributed by atoms with E-state index in [1.807, 2.05) is 0 Å². The summed E-state index contributed by atoms with van der Waals surface area (Å²) in [6, 6.07) is -0.476. The Morgan fingerprint density at radius 2 is 1.83 bits per heavy atom. The van der Waals surface area contributed by atoms with Crippen LogP contribution in [-0.2, 0) is 19.2 Å². The highest BCUT2D eigenvalue weighted by atomic mass is 32.2. The van der Waals surface area contributed by atoms with Gasteiger partial charge < -0.3 is 16.4 Å². The topological polar surface area (TPSA) is 122 Å². The number of carbonyl (C=O) groups excluding carboxylic acids is 4. The average Bonchev–Trinajstić information content (AvgIpc) is 3.11. The zero-order valence-electron chi connectivity index (χ0n) is 13.6. The molecule has 24 heavy (non-hydrogen) atoms. The molecule has 4 N–H and O–H groups in total. The predicted molar refractivity (Wildman–Crippen MR) is 90.0 cm³/mol. The molecule has 0 aromatic rings. The maximum absolute atomic E-state index is 11.7. The number of imide groups is 1. The molecule has 0 radical (unpaired) electrons. The number of hydrogen-bond acceptors (Lipinski definition) is 6. The van der Waals surface area contributed by atoms with Crippen LogP contribution in [0.5, 0.6) is 0 Å². The third kappa shape index (κ3) is 5.48. The van der Waals surface area contributed by atoms with Crippen molar-refractivity contribution in [1.29, 1.82) is 0 Å². The molecular weight excluding hydrogens is 332 g/mol. The predicted octanol–water partition coefficient (Wildman–Crippen LogP) is -1.02. The van der Waals surface area contributed by atoms with Crippen molar-refractivity contribution in [3.63, 3.8) is 0 Å². The van der Waals surface area contributed by atoms with Crippen LogP contribution in [0.25, 0.3) is 0 Å². The van der Waals surface area contributed by atoms with E-state index in [-0.39, 0.29) is 54.8 Å². The van der Waals surface area contributed by atoms with Crippen molar-refractivity contribution < 1.29 is 19.2 Å². The Morgan fingerprint density at radius 1 is 1.17 bits per heavy atom. The average molecular weight is 356 g/mol. The van der Waals surface area contributed by atoms with Crippen LogP contribution >= 0.6 is 11.8 Å². The summed E-state index contributed by atoms with van der Waals surface area (Å²) in [6.07, 6.45) is 4.42. The molecule has 1 aliphatic heterocycles. The van der Waals surface area contributed by atoms with Crippen LogP contribution in [0, 0.1) is 0 Å². The molecule has 0 bridgehead atoms. The van der Waals surface area contributed by atoms with Crippen molar-refractivity contribution in [3.8, 4) is 0 Å².